The summed E-state index contributed by atoms with van der Waals surface area (Å²) in [7, 11) is 0. The molecule has 0 aliphatic rings. The summed E-state index contributed by atoms with van der Waals surface area (Å²) in [5.41, 5.74) is 2.88. The topological polar surface area (TPSA) is 35.0 Å². The minimum atomic E-state index is -0.573. The number of nitrogens with zero attached hydrogens (tertiary/aromatic N) is 2. The molecule has 0 N–H and O–H groups in total. The maximum Gasteiger partial charge on any atom is 0.223 e. The van der Waals surface area contributed by atoms with Gasteiger partial charge < -0.3 is 4.74 Å². The summed E-state index contributed by atoms with van der Waals surface area (Å²) in [5.74, 6) is 0.0365. The standard InChI is InChI=1S/C23H24F2N2OS/c1-14-9-10-16(11-15(14)2)28-21-12-20(23(3,4)5)26-22(27-21)29-13-17-18(24)7-6-8-19(17)25/h6-12H,13H2,1-5H3. The summed E-state index contributed by atoms with van der Waals surface area (Å²) < 4.78 is 33.9. The SMILES string of the molecule is Cc1ccc(Oc2cc(C(C)(C)C)nc(SCc3c(F)cccc3F)n2)cc1C. The number of benzene rings is 2. The van der Waals surface area contributed by atoms with E-state index in [1.54, 1.807) is 0 Å². The van der Waals surface area contributed by atoms with Gasteiger partial charge in [0.15, 0.2) is 5.16 Å². The molecule has 3 nitrogen and oxygen atoms in total. The number of hydrogen-bond donors (Lipinski definition) is 0. The van der Waals surface area contributed by atoms with Gasteiger partial charge in [-0.05, 0) is 49.2 Å². The van der Waals surface area contributed by atoms with E-state index in [2.05, 4.69) is 9.97 Å². The number of thioether (sulfide) groups is 1. The van der Waals surface area contributed by atoms with Crippen LogP contribution in [0.15, 0.2) is 47.6 Å². The van der Waals surface area contributed by atoms with E-state index in [0.717, 1.165) is 11.3 Å². The van der Waals surface area contributed by atoms with Crippen LogP contribution in [0.2, 0.25) is 0 Å². The molecule has 0 bridgehead atoms. The van der Waals surface area contributed by atoms with Crippen LogP contribution in [-0.2, 0) is 11.2 Å². The number of aryl methyl sites for hydroxylation is 2. The summed E-state index contributed by atoms with van der Waals surface area (Å²) in [6.45, 7) is 10.2. The van der Waals surface area contributed by atoms with Crippen molar-refractivity contribution < 1.29 is 13.5 Å². The fraction of sp³-hybridized carbons (Fsp3) is 0.304. The van der Waals surface area contributed by atoms with Gasteiger partial charge in [0.2, 0.25) is 5.88 Å². The van der Waals surface area contributed by atoms with Crippen LogP contribution in [0.25, 0.3) is 0 Å². The van der Waals surface area contributed by atoms with Crippen LogP contribution in [0, 0.1) is 25.5 Å². The van der Waals surface area contributed by atoms with Gasteiger partial charge >= 0.3 is 0 Å². The third-order valence-corrected chi connectivity index (χ3v) is 5.43. The molecule has 29 heavy (non-hydrogen) atoms. The smallest absolute Gasteiger partial charge is 0.223 e. The summed E-state index contributed by atoms with van der Waals surface area (Å²) in [6.07, 6.45) is 0. The van der Waals surface area contributed by atoms with E-state index in [4.69, 9.17) is 4.74 Å². The number of ether oxygens (including phenoxy) is 1. The second kappa shape index (κ2) is 8.49. The van der Waals surface area contributed by atoms with Gasteiger partial charge in [-0.15, -0.1) is 0 Å². The first kappa shape index (κ1) is 21.2. The molecule has 0 fully saturated rings. The van der Waals surface area contributed by atoms with Gasteiger partial charge in [0.25, 0.3) is 0 Å². The highest BCUT2D eigenvalue weighted by molar-refractivity contribution is 7.98. The molecule has 2 aromatic carbocycles. The van der Waals surface area contributed by atoms with Crippen molar-refractivity contribution in [2.45, 2.75) is 50.9 Å². The zero-order valence-corrected chi connectivity index (χ0v) is 18.0. The van der Waals surface area contributed by atoms with E-state index in [0.29, 0.717) is 16.8 Å². The lowest BCUT2D eigenvalue weighted by Crippen LogP contribution is -2.14. The fourth-order valence-electron chi connectivity index (χ4n) is 2.61. The van der Waals surface area contributed by atoms with Crippen LogP contribution in [0.3, 0.4) is 0 Å². The maximum absolute atomic E-state index is 13.9. The lowest BCUT2D eigenvalue weighted by Gasteiger charge is -2.19. The van der Waals surface area contributed by atoms with Gasteiger partial charge in [-0.25, -0.2) is 13.8 Å². The molecule has 152 valence electrons. The van der Waals surface area contributed by atoms with Crippen LogP contribution in [0.4, 0.5) is 8.78 Å². The highest BCUT2D eigenvalue weighted by atomic mass is 32.2. The van der Waals surface area contributed by atoms with E-state index in [-0.39, 0.29) is 16.7 Å². The maximum atomic E-state index is 13.9. The molecular formula is C23H24F2N2OS. The van der Waals surface area contributed by atoms with Gasteiger partial charge in [-0.1, -0.05) is 44.7 Å². The molecule has 0 spiro atoms. The van der Waals surface area contributed by atoms with Gasteiger partial charge in [-0.3, -0.25) is 0 Å². The first-order valence-electron chi connectivity index (χ1n) is 9.34. The molecule has 1 aromatic heterocycles. The van der Waals surface area contributed by atoms with Crippen LogP contribution >= 0.6 is 11.8 Å². The van der Waals surface area contributed by atoms with E-state index < -0.39 is 11.6 Å². The minimum Gasteiger partial charge on any atom is -0.439 e. The zero-order chi connectivity index (χ0) is 21.2. The fourth-order valence-corrected chi connectivity index (χ4v) is 3.48. The summed E-state index contributed by atoms with van der Waals surface area (Å²) >= 11 is 1.18. The monoisotopic (exact) mass is 414 g/mol. The molecule has 0 radical (unpaired) electrons. The molecule has 6 heteroatoms. The number of hydrogen-bond acceptors (Lipinski definition) is 4. The Bertz CT molecular complexity index is 1010. The molecule has 1 heterocycles. The Balaban J connectivity index is 1.90. The molecule has 3 rings (SSSR count). The largest absolute Gasteiger partial charge is 0.439 e. The van der Waals surface area contributed by atoms with Crippen molar-refractivity contribution in [3.8, 4) is 11.6 Å². The lowest BCUT2D eigenvalue weighted by molar-refractivity contribution is 0.446. The Labute approximate surface area is 174 Å². The molecule has 0 unspecified atom stereocenters. The second-order valence-electron chi connectivity index (χ2n) is 7.96. The van der Waals surface area contributed by atoms with Crippen LogP contribution < -0.4 is 4.74 Å². The Morgan fingerprint density at radius 3 is 2.24 bits per heavy atom. The quantitative estimate of drug-likeness (QED) is 0.341. The predicted octanol–water partition coefficient (Wildman–Crippen LogP) is 6.75. The van der Waals surface area contributed by atoms with Crippen molar-refractivity contribution in [2.24, 2.45) is 0 Å². The summed E-state index contributed by atoms with van der Waals surface area (Å²) in [4.78, 5) is 9.03. The number of rotatable bonds is 5. The lowest BCUT2D eigenvalue weighted by atomic mass is 9.92. The first-order chi connectivity index (χ1) is 13.6. The van der Waals surface area contributed by atoms with Crippen LogP contribution in [-0.4, -0.2) is 9.97 Å². The average Bonchev–Trinajstić information content (AvgIpc) is 2.63. The highest BCUT2D eigenvalue weighted by Crippen LogP contribution is 2.31. The molecule has 3 aromatic rings. The Morgan fingerprint density at radius 1 is 0.931 bits per heavy atom. The average molecular weight is 415 g/mol. The molecular weight excluding hydrogens is 390 g/mol. The normalized spacial score (nSPS) is 11.6. The van der Waals surface area contributed by atoms with Gasteiger partial charge in [0, 0.05) is 22.8 Å². The third-order valence-electron chi connectivity index (χ3n) is 4.56. The molecule has 0 amide bonds. The molecule has 0 aliphatic carbocycles. The van der Waals surface area contributed by atoms with Gasteiger partial charge in [0.05, 0.1) is 5.69 Å². The number of aromatic nitrogens is 2. The van der Waals surface area contributed by atoms with Crippen LogP contribution in [0.5, 0.6) is 11.6 Å². The van der Waals surface area contributed by atoms with Crippen molar-refractivity contribution in [3.05, 3.63) is 76.5 Å². The highest BCUT2D eigenvalue weighted by Gasteiger charge is 2.20. The zero-order valence-electron chi connectivity index (χ0n) is 17.2. The molecule has 0 atom stereocenters. The number of halogens is 2. The second-order valence-corrected chi connectivity index (χ2v) is 8.90. The van der Waals surface area contributed by atoms with Gasteiger partial charge in [0.1, 0.15) is 17.4 Å². The predicted molar refractivity (Wildman–Crippen MR) is 113 cm³/mol. The van der Waals surface area contributed by atoms with Crippen molar-refractivity contribution in [3.63, 3.8) is 0 Å². The Morgan fingerprint density at radius 2 is 1.62 bits per heavy atom. The minimum absolute atomic E-state index is 0.0129. The Kier molecular flexibility index (Phi) is 6.22. The Hall–Kier alpha value is -2.47. The van der Waals surface area contributed by atoms with Crippen molar-refractivity contribution in [1.82, 2.24) is 9.97 Å². The van der Waals surface area contributed by atoms with Gasteiger partial charge in [-0.2, -0.15) is 4.98 Å². The first-order valence-corrected chi connectivity index (χ1v) is 10.3. The van der Waals surface area contributed by atoms with Crippen molar-refractivity contribution in [1.29, 1.82) is 0 Å². The van der Waals surface area contributed by atoms with E-state index in [1.807, 2.05) is 58.9 Å². The van der Waals surface area contributed by atoms with E-state index in [1.165, 1.54) is 35.5 Å². The summed E-state index contributed by atoms with van der Waals surface area (Å²) in [6, 6.07) is 11.5. The summed E-state index contributed by atoms with van der Waals surface area (Å²) in [5, 5.41) is 0.416. The molecule has 0 saturated carbocycles. The van der Waals surface area contributed by atoms with Crippen molar-refractivity contribution in [2.75, 3.05) is 0 Å². The van der Waals surface area contributed by atoms with E-state index in [9.17, 15) is 8.78 Å². The molecule has 0 aliphatic heterocycles. The van der Waals surface area contributed by atoms with E-state index >= 15 is 0 Å². The third kappa shape index (κ3) is 5.32. The van der Waals surface area contributed by atoms with Crippen molar-refractivity contribution >= 4 is 11.8 Å². The molecule has 0 saturated heterocycles. The van der Waals surface area contributed by atoms with Crippen LogP contribution in [0.1, 0.15) is 43.2 Å².